The highest BCUT2D eigenvalue weighted by Crippen LogP contribution is 2.36. The molecular formula is C25H34N6O3. The molecule has 5 atom stereocenters. The molecule has 0 spiro atoms. The summed E-state index contributed by atoms with van der Waals surface area (Å²) in [5, 5.41) is 18.5. The van der Waals surface area contributed by atoms with Gasteiger partial charge in [-0.3, -0.25) is 9.59 Å². The maximum absolute atomic E-state index is 12.9. The van der Waals surface area contributed by atoms with E-state index in [2.05, 4.69) is 27.1 Å². The molecule has 0 aromatic heterocycles. The lowest BCUT2D eigenvalue weighted by molar-refractivity contribution is -0.128. The number of hydrogen-bond acceptors (Lipinski definition) is 7. The lowest BCUT2D eigenvalue weighted by Gasteiger charge is -2.39. The lowest BCUT2D eigenvalue weighted by Crippen LogP contribution is -2.54. The van der Waals surface area contributed by atoms with Crippen molar-refractivity contribution in [3.63, 3.8) is 0 Å². The van der Waals surface area contributed by atoms with Crippen LogP contribution in [0.1, 0.15) is 48.0 Å². The van der Waals surface area contributed by atoms with Crippen LogP contribution in [0.3, 0.4) is 0 Å². The molecule has 1 aromatic rings. The van der Waals surface area contributed by atoms with Gasteiger partial charge in [-0.2, -0.15) is 5.26 Å². The normalized spacial score (nSPS) is 31.9. The van der Waals surface area contributed by atoms with Crippen LogP contribution in [0.4, 0.5) is 5.69 Å². The number of morpholine rings is 1. The number of aryl methyl sites for hydroxylation is 1. The van der Waals surface area contributed by atoms with Gasteiger partial charge < -0.3 is 20.3 Å². The molecule has 9 heteroatoms. The molecule has 5 rings (SSSR count). The van der Waals surface area contributed by atoms with Gasteiger partial charge in [-0.25, -0.2) is 10.4 Å². The van der Waals surface area contributed by atoms with Gasteiger partial charge in [0.2, 0.25) is 5.91 Å². The van der Waals surface area contributed by atoms with Gasteiger partial charge >= 0.3 is 0 Å². The molecule has 4 aliphatic rings. The molecule has 182 valence electrons. The fourth-order valence-corrected chi connectivity index (χ4v) is 6.01. The molecule has 0 bridgehead atoms. The first kappa shape index (κ1) is 23.1. The number of ether oxygens (including phenoxy) is 1. The van der Waals surface area contributed by atoms with Crippen molar-refractivity contribution in [2.24, 2.45) is 11.8 Å². The number of benzene rings is 1. The maximum Gasteiger partial charge on any atom is 0.254 e. The monoisotopic (exact) mass is 466 g/mol. The standard InChI is InChI=1S/C25H34N6O3/c1-16-14-18(6-7-19(16)25(33)30-10-12-34-13-11-30)28-23-22-21(8-9-27-24(22)32)31(29-23)20-5-3-2-4-17(20)15-26/h6-7,14,17,20-23,28-29H,2-5,8-13H2,1H3,(H,27,32)/t17-,20+,21?,22?,23?/m1/s1. The molecule has 3 heterocycles. The number of amides is 2. The first-order chi connectivity index (χ1) is 16.6. The molecule has 3 aliphatic heterocycles. The van der Waals surface area contributed by atoms with Crippen LogP contribution in [0, 0.1) is 30.1 Å². The third kappa shape index (κ3) is 4.38. The summed E-state index contributed by atoms with van der Waals surface area (Å²) in [5.41, 5.74) is 6.04. The summed E-state index contributed by atoms with van der Waals surface area (Å²) in [6.07, 6.45) is 4.68. The number of nitriles is 1. The Kier molecular flexibility index (Phi) is 6.73. The topological polar surface area (TPSA) is 110 Å². The van der Waals surface area contributed by atoms with E-state index >= 15 is 0 Å². The first-order valence-electron chi connectivity index (χ1n) is 12.5. The summed E-state index contributed by atoms with van der Waals surface area (Å²) in [7, 11) is 0. The SMILES string of the molecule is Cc1cc(NC2NN([C@H]3CCCC[C@@H]3C#N)C3CCNC(=O)C23)ccc1C(=O)N1CCOCC1. The fraction of sp³-hybridized carbons (Fsp3) is 0.640. The second-order valence-corrected chi connectivity index (χ2v) is 9.85. The van der Waals surface area contributed by atoms with E-state index in [9.17, 15) is 14.9 Å². The number of carbonyl (C=O) groups is 2. The van der Waals surface area contributed by atoms with E-state index in [1.54, 1.807) is 0 Å². The summed E-state index contributed by atoms with van der Waals surface area (Å²) in [6.45, 7) is 4.99. The third-order valence-corrected chi connectivity index (χ3v) is 7.79. The van der Waals surface area contributed by atoms with E-state index in [0.29, 0.717) is 38.4 Å². The van der Waals surface area contributed by atoms with Crippen molar-refractivity contribution in [1.82, 2.24) is 20.7 Å². The van der Waals surface area contributed by atoms with Crippen LogP contribution in [0.25, 0.3) is 0 Å². The average Bonchev–Trinajstić information content (AvgIpc) is 3.23. The summed E-state index contributed by atoms with van der Waals surface area (Å²) in [5.74, 6) is -0.184. The third-order valence-electron chi connectivity index (χ3n) is 7.79. The number of hydrogen-bond donors (Lipinski definition) is 3. The average molecular weight is 467 g/mol. The Hall–Kier alpha value is -2.67. The van der Waals surface area contributed by atoms with Crippen molar-refractivity contribution in [3.8, 4) is 6.07 Å². The smallest absolute Gasteiger partial charge is 0.254 e. The van der Waals surface area contributed by atoms with Crippen molar-refractivity contribution in [1.29, 1.82) is 5.26 Å². The summed E-state index contributed by atoms with van der Waals surface area (Å²) in [6, 6.07) is 8.46. The molecule has 9 nitrogen and oxygen atoms in total. The summed E-state index contributed by atoms with van der Waals surface area (Å²) < 4.78 is 5.36. The quantitative estimate of drug-likeness (QED) is 0.618. The largest absolute Gasteiger partial charge is 0.378 e. The number of nitrogens with one attached hydrogen (secondary N) is 3. The van der Waals surface area contributed by atoms with Crippen molar-refractivity contribution in [3.05, 3.63) is 29.3 Å². The number of anilines is 1. The number of fused-ring (bicyclic) bond motifs is 1. The second kappa shape index (κ2) is 9.90. The van der Waals surface area contributed by atoms with E-state index in [1.165, 1.54) is 0 Å². The van der Waals surface area contributed by atoms with Crippen LogP contribution < -0.4 is 16.1 Å². The maximum atomic E-state index is 12.9. The van der Waals surface area contributed by atoms with E-state index in [4.69, 9.17) is 4.74 Å². The van der Waals surface area contributed by atoms with Crippen molar-refractivity contribution in [2.45, 2.75) is 57.3 Å². The first-order valence-corrected chi connectivity index (χ1v) is 12.5. The molecule has 34 heavy (non-hydrogen) atoms. The van der Waals surface area contributed by atoms with E-state index in [0.717, 1.165) is 43.4 Å². The minimum absolute atomic E-state index is 0.0154. The molecule has 3 unspecified atom stereocenters. The van der Waals surface area contributed by atoms with Crippen LogP contribution in [0.5, 0.6) is 0 Å². The number of rotatable bonds is 4. The zero-order chi connectivity index (χ0) is 23.7. The molecule has 4 fully saturated rings. The highest BCUT2D eigenvalue weighted by molar-refractivity contribution is 5.96. The highest BCUT2D eigenvalue weighted by atomic mass is 16.5. The Balaban J connectivity index is 1.34. The number of nitrogens with zero attached hydrogens (tertiary/aromatic N) is 3. The van der Waals surface area contributed by atoms with Crippen molar-refractivity contribution in [2.75, 3.05) is 38.2 Å². The van der Waals surface area contributed by atoms with Crippen LogP contribution in [-0.4, -0.2) is 72.8 Å². The van der Waals surface area contributed by atoms with E-state index in [-0.39, 0.29) is 41.9 Å². The predicted molar refractivity (Wildman–Crippen MR) is 127 cm³/mol. The van der Waals surface area contributed by atoms with Gasteiger partial charge in [0.05, 0.1) is 31.1 Å². The number of hydrazine groups is 1. The Labute approximate surface area is 200 Å². The molecule has 1 aliphatic carbocycles. The van der Waals surface area contributed by atoms with Crippen LogP contribution in [0.2, 0.25) is 0 Å². The molecule has 2 amide bonds. The van der Waals surface area contributed by atoms with Gasteiger partial charge in [0.25, 0.3) is 5.91 Å². The predicted octanol–water partition coefficient (Wildman–Crippen LogP) is 1.61. The Morgan fingerprint density at radius 1 is 1.18 bits per heavy atom. The minimum atomic E-state index is -0.272. The van der Waals surface area contributed by atoms with Gasteiger partial charge in [0.15, 0.2) is 0 Å². The van der Waals surface area contributed by atoms with Crippen molar-refractivity contribution < 1.29 is 14.3 Å². The Morgan fingerprint density at radius 3 is 2.74 bits per heavy atom. The zero-order valence-corrected chi connectivity index (χ0v) is 19.8. The number of carbonyl (C=O) groups excluding carboxylic acids is 2. The highest BCUT2D eigenvalue weighted by Gasteiger charge is 2.51. The zero-order valence-electron chi connectivity index (χ0n) is 19.8. The molecule has 3 saturated heterocycles. The van der Waals surface area contributed by atoms with E-state index < -0.39 is 0 Å². The second-order valence-electron chi connectivity index (χ2n) is 9.85. The van der Waals surface area contributed by atoms with Crippen LogP contribution in [-0.2, 0) is 9.53 Å². The minimum Gasteiger partial charge on any atom is -0.378 e. The fourth-order valence-electron chi connectivity index (χ4n) is 6.01. The Morgan fingerprint density at radius 2 is 1.97 bits per heavy atom. The summed E-state index contributed by atoms with van der Waals surface area (Å²) in [4.78, 5) is 27.7. The van der Waals surface area contributed by atoms with E-state index in [1.807, 2.05) is 30.0 Å². The molecular weight excluding hydrogens is 432 g/mol. The van der Waals surface area contributed by atoms with Crippen LogP contribution >= 0.6 is 0 Å². The molecule has 1 aromatic carbocycles. The molecule has 1 saturated carbocycles. The van der Waals surface area contributed by atoms with Crippen molar-refractivity contribution >= 4 is 17.5 Å². The van der Waals surface area contributed by atoms with Gasteiger partial charge in [0.1, 0.15) is 6.17 Å². The molecule has 0 radical (unpaired) electrons. The van der Waals surface area contributed by atoms with Gasteiger partial charge in [-0.1, -0.05) is 12.8 Å². The Bertz CT molecular complexity index is 972. The van der Waals surface area contributed by atoms with Gasteiger partial charge in [-0.15, -0.1) is 0 Å². The van der Waals surface area contributed by atoms with Crippen LogP contribution in [0.15, 0.2) is 18.2 Å². The van der Waals surface area contributed by atoms with Gasteiger partial charge in [-0.05, 0) is 49.9 Å². The summed E-state index contributed by atoms with van der Waals surface area (Å²) >= 11 is 0. The molecule has 3 N–H and O–H groups in total. The van der Waals surface area contributed by atoms with Gasteiger partial charge in [0, 0.05) is 43.0 Å². The lowest BCUT2D eigenvalue weighted by atomic mass is 9.83. The number of piperidine rings is 1.